The molecule has 3 aromatic rings. The van der Waals surface area contributed by atoms with E-state index in [1.54, 1.807) is 4.68 Å². The molecule has 25 heavy (non-hydrogen) atoms. The van der Waals surface area contributed by atoms with Gasteiger partial charge in [-0.15, -0.1) is 5.10 Å². The molecule has 3 rings (SSSR count). The second kappa shape index (κ2) is 7.48. The Balaban J connectivity index is 1.68. The van der Waals surface area contributed by atoms with Crippen molar-refractivity contribution in [1.82, 2.24) is 20.2 Å². The topological polar surface area (TPSA) is 72.7 Å². The second-order valence-electron chi connectivity index (χ2n) is 5.87. The van der Waals surface area contributed by atoms with Crippen LogP contribution in [0.15, 0.2) is 47.6 Å². The van der Waals surface area contributed by atoms with Crippen LogP contribution in [-0.2, 0) is 4.79 Å². The standard InChI is InChI=1S/C18H19N5OS/c1-12-5-8-15(9-6-12)19-17(24)11-25-18-20-21-22-23(18)16-10-13(2)4-7-14(16)3/h4-10H,11H2,1-3H3,(H,19,24). The fraction of sp³-hybridized carbons (Fsp3) is 0.222. The van der Waals surface area contributed by atoms with Gasteiger partial charge in [0.2, 0.25) is 11.1 Å². The Morgan fingerprint density at radius 3 is 2.56 bits per heavy atom. The van der Waals surface area contributed by atoms with Crippen LogP contribution in [0.2, 0.25) is 0 Å². The highest BCUT2D eigenvalue weighted by molar-refractivity contribution is 7.99. The van der Waals surface area contributed by atoms with Gasteiger partial charge in [0.1, 0.15) is 0 Å². The SMILES string of the molecule is Cc1ccc(NC(=O)CSc2nnnn2-c2cc(C)ccc2C)cc1. The Morgan fingerprint density at radius 2 is 1.80 bits per heavy atom. The first-order chi connectivity index (χ1) is 12.0. The third-order valence-corrected chi connectivity index (χ3v) is 4.62. The molecule has 1 N–H and O–H groups in total. The molecule has 0 radical (unpaired) electrons. The van der Waals surface area contributed by atoms with E-state index >= 15 is 0 Å². The Kier molecular flexibility index (Phi) is 5.14. The summed E-state index contributed by atoms with van der Waals surface area (Å²) in [7, 11) is 0. The number of tetrazole rings is 1. The van der Waals surface area contributed by atoms with Crippen molar-refractivity contribution in [1.29, 1.82) is 0 Å². The van der Waals surface area contributed by atoms with Crippen LogP contribution in [0.3, 0.4) is 0 Å². The molecule has 0 atom stereocenters. The van der Waals surface area contributed by atoms with Crippen LogP contribution in [0.5, 0.6) is 0 Å². The Morgan fingerprint density at radius 1 is 1.08 bits per heavy atom. The molecular formula is C18H19N5OS. The molecule has 0 saturated carbocycles. The number of rotatable bonds is 5. The van der Waals surface area contributed by atoms with E-state index in [9.17, 15) is 4.79 Å². The van der Waals surface area contributed by atoms with Gasteiger partial charge < -0.3 is 5.32 Å². The van der Waals surface area contributed by atoms with Crippen molar-refractivity contribution in [3.8, 4) is 5.69 Å². The van der Waals surface area contributed by atoms with Crippen molar-refractivity contribution in [3.63, 3.8) is 0 Å². The van der Waals surface area contributed by atoms with E-state index in [4.69, 9.17) is 0 Å². The average molecular weight is 353 g/mol. The van der Waals surface area contributed by atoms with Crippen LogP contribution >= 0.6 is 11.8 Å². The summed E-state index contributed by atoms with van der Waals surface area (Å²) < 4.78 is 1.67. The fourth-order valence-electron chi connectivity index (χ4n) is 2.33. The van der Waals surface area contributed by atoms with Crippen molar-refractivity contribution in [2.45, 2.75) is 25.9 Å². The van der Waals surface area contributed by atoms with Crippen LogP contribution in [0.25, 0.3) is 5.69 Å². The molecule has 0 aliphatic heterocycles. The van der Waals surface area contributed by atoms with Gasteiger partial charge in [0.05, 0.1) is 11.4 Å². The van der Waals surface area contributed by atoms with Crippen molar-refractivity contribution in [2.24, 2.45) is 0 Å². The smallest absolute Gasteiger partial charge is 0.234 e. The normalized spacial score (nSPS) is 10.7. The van der Waals surface area contributed by atoms with Crippen LogP contribution in [0.1, 0.15) is 16.7 Å². The number of aryl methyl sites for hydroxylation is 3. The molecule has 0 bridgehead atoms. The summed E-state index contributed by atoms with van der Waals surface area (Å²) >= 11 is 1.31. The van der Waals surface area contributed by atoms with E-state index in [0.29, 0.717) is 5.16 Å². The van der Waals surface area contributed by atoms with Crippen LogP contribution < -0.4 is 5.32 Å². The number of nitrogens with zero attached hydrogens (tertiary/aromatic N) is 4. The number of amides is 1. The summed E-state index contributed by atoms with van der Waals surface area (Å²) in [6, 6.07) is 13.8. The molecule has 0 unspecified atom stereocenters. The Bertz CT molecular complexity index is 889. The summed E-state index contributed by atoms with van der Waals surface area (Å²) in [5, 5.41) is 15.3. The van der Waals surface area contributed by atoms with E-state index in [1.165, 1.54) is 11.8 Å². The average Bonchev–Trinajstić information content (AvgIpc) is 3.05. The van der Waals surface area contributed by atoms with Gasteiger partial charge in [-0.2, -0.15) is 4.68 Å². The minimum atomic E-state index is -0.0932. The summed E-state index contributed by atoms with van der Waals surface area (Å²) in [6.45, 7) is 6.04. The third-order valence-electron chi connectivity index (χ3n) is 3.70. The zero-order valence-electron chi connectivity index (χ0n) is 14.4. The van der Waals surface area contributed by atoms with Gasteiger partial charge in [0.25, 0.3) is 0 Å². The summed E-state index contributed by atoms with van der Waals surface area (Å²) in [6.07, 6.45) is 0. The van der Waals surface area contributed by atoms with Crippen molar-refractivity contribution >= 4 is 23.4 Å². The van der Waals surface area contributed by atoms with Crippen molar-refractivity contribution in [3.05, 3.63) is 59.2 Å². The number of anilines is 1. The van der Waals surface area contributed by atoms with E-state index in [1.807, 2.05) is 63.2 Å². The molecule has 0 spiro atoms. The number of benzene rings is 2. The number of carbonyl (C=O) groups is 1. The number of hydrogen-bond donors (Lipinski definition) is 1. The van der Waals surface area contributed by atoms with Crippen LogP contribution in [-0.4, -0.2) is 31.9 Å². The molecule has 1 aromatic heterocycles. The fourth-order valence-corrected chi connectivity index (χ4v) is 3.02. The molecule has 0 aliphatic carbocycles. The molecule has 1 heterocycles. The monoisotopic (exact) mass is 353 g/mol. The van der Waals surface area contributed by atoms with Gasteiger partial charge in [-0.1, -0.05) is 41.6 Å². The van der Waals surface area contributed by atoms with E-state index < -0.39 is 0 Å². The lowest BCUT2D eigenvalue weighted by Gasteiger charge is -2.09. The molecule has 0 saturated heterocycles. The van der Waals surface area contributed by atoms with E-state index in [-0.39, 0.29) is 11.7 Å². The van der Waals surface area contributed by atoms with Crippen LogP contribution in [0, 0.1) is 20.8 Å². The zero-order chi connectivity index (χ0) is 17.8. The quantitative estimate of drug-likeness (QED) is 0.713. The molecule has 1 amide bonds. The van der Waals surface area contributed by atoms with Gasteiger partial charge in [-0.25, -0.2) is 0 Å². The number of hydrogen-bond acceptors (Lipinski definition) is 5. The first kappa shape index (κ1) is 17.2. The lowest BCUT2D eigenvalue weighted by atomic mass is 10.1. The molecule has 7 heteroatoms. The first-order valence-electron chi connectivity index (χ1n) is 7.88. The molecule has 0 fully saturated rings. The highest BCUT2D eigenvalue weighted by Crippen LogP contribution is 2.21. The lowest BCUT2D eigenvalue weighted by molar-refractivity contribution is -0.113. The molecule has 2 aromatic carbocycles. The second-order valence-corrected chi connectivity index (χ2v) is 6.81. The molecular weight excluding hydrogens is 334 g/mol. The summed E-state index contributed by atoms with van der Waals surface area (Å²) in [5.41, 5.74) is 5.06. The van der Waals surface area contributed by atoms with Gasteiger partial charge in [0.15, 0.2) is 0 Å². The lowest BCUT2D eigenvalue weighted by Crippen LogP contribution is -2.14. The first-order valence-corrected chi connectivity index (χ1v) is 8.87. The minimum Gasteiger partial charge on any atom is -0.325 e. The van der Waals surface area contributed by atoms with Gasteiger partial charge in [-0.05, 0) is 60.5 Å². The minimum absolute atomic E-state index is 0.0932. The maximum Gasteiger partial charge on any atom is 0.234 e. The number of aromatic nitrogens is 4. The Labute approximate surface area is 150 Å². The van der Waals surface area contributed by atoms with Gasteiger partial charge in [-0.3, -0.25) is 4.79 Å². The van der Waals surface area contributed by atoms with Crippen molar-refractivity contribution < 1.29 is 4.79 Å². The summed E-state index contributed by atoms with van der Waals surface area (Å²) in [5.74, 6) is 0.142. The zero-order valence-corrected chi connectivity index (χ0v) is 15.2. The van der Waals surface area contributed by atoms with Gasteiger partial charge >= 0.3 is 0 Å². The highest BCUT2D eigenvalue weighted by Gasteiger charge is 2.13. The van der Waals surface area contributed by atoms with Crippen LogP contribution in [0.4, 0.5) is 5.69 Å². The summed E-state index contributed by atoms with van der Waals surface area (Å²) in [4.78, 5) is 12.2. The highest BCUT2D eigenvalue weighted by atomic mass is 32.2. The number of nitrogens with one attached hydrogen (secondary N) is 1. The number of thioether (sulfide) groups is 1. The largest absolute Gasteiger partial charge is 0.325 e. The Hall–Kier alpha value is -2.67. The maximum atomic E-state index is 12.2. The van der Waals surface area contributed by atoms with Crippen molar-refractivity contribution in [2.75, 3.05) is 11.1 Å². The van der Waals surface area contributed by atoms with E-state index in [0.717, 1.165) is 28.1 Å². The molecule has 128 valence electrons. The predicted molar refractivity (Wildman–Crippen MR) is 99.2 cm³/mol. The maximum absolute atomic E-state index is 12.2. The predicted octanol–water partition coefficient (Wildman–Crippen LogP) is 3.32. The third kappa shape index (κ3) is 4.24. The van der Waals surface area contributed by atoms with Gasteiger partial charge in [0, 0.05) is 5.69 Å². The molecule has 0 aliphatic rings. The number of carbonyl (C=O) groups excluding carboxylic acids is 1. The van der Waals surface area contributed by atoms with E-state index in [2.05, 4.69) is 20.8 Å². The molecule has 6 nitrogen and oxygen atoms in total.